The number of hydrogen-bond donors (Lipinski definition) is 1. The molecule has 1 aromatic carbocycles. The number of carbonyl (C=O) groups excluding carboxylic acids is 1. The van der Waals surface area contributed by atoms with Gasteiger partial charge >= 0.3 is 5.97 Å². The van der Waals surface area contributed by atoms with Crippen molar-refractivity contribution in [3.05, 3.63) is 29.3 Å². The SMILES string of the molecule is Cc1ccc(N)c(C(=O)OCCCC(C)(C)C#N)c1. The van der Waals surface area contributed by atoms with Crippen molar-refractivity contribution in [2.75, 3.05) is 12.3 Å². The lowest BCUT2D eigenvalue weighted by atomic mass is 9.90. The van der Waals surface area contributed by atoms with Crippen LogP contribution in [0.4, 0.5) is 5.69 Å². The Morgan fingerprint density at radius 1 is 1.47 bits per heavy atom. The van der Waals surface area contributed by atoms with Crippen LogP contribution < -0.4 is 5.73 Å². The second-order valence-electron chi connectivity index (χ2n) is 5.33. The maximum atomic E-state index is 11.8. The van der Waals surface area contributed by atoms with E-state index in [9.17, 15) is 4.79 Å². The van der Waals surface area contributed by atoms with Crippen molar-refractivity contribution in [3.63, 3.8) is 0 Å². The summed E-state index contributed by atoms with van der Waals surface area (Å²) in [5.74, 6) is -0.407. The van der Waals surface area contributed by atoms with Crippen molar-refractivity contribution in [3.8, 4) is 6.07 Å². The van der Waals surface area contributed by atoms with Gasteiger partial charge in [0.15, 0.2) is 0 Å². The molecule has 0 amide bonds. The number of anilines is 1. The fourth-order valence-corrected chi connectivity index (χ4v) is 1.66. The molecule has 102 valence electrons. The first-order chi connectivity index (χ1) is 8.85. The molecule has 0 aliphatic heterocycles. The fraction of sp³-hybridized carbons (Fsp3) is 0.467. The number of rotatable bonds is 5. The minimum atomic E-state index is -0.407. The molecule has 4 heteroatoms. The van der Waals surface area contributed by atoms with Crippen LogP contribution in [0.1, 0.15) is 42.6 Å². The summed E-state index contributed by atoms with van der Waals surface area (Å²) in [4.78, 5) is 11.8. The number of benzene rings is 1. The van der Waals surface area contributed by atoms with Gasteiger partial charge < -0.3 is 10.5 Å². The van der Waals surface area contributed by atoms with Gasteiger partial charge in [0.2, 0.25) is 0 Å². The van der Waals surface area contributed by atoms with Gasteiger partial charge in [-0.1, -0.05) is 11.6 Å². The zero-order valence-electron chi connectivity index (χ0n) is 11.7. The second-order valence-corrected chi connectivity index (χ2v) is 5.33. The van der Waals surface area contributed by atoms with E-state index >= 15 is 0 Å². The monoisotopic (exact) mass is 260 g/mol. The van der Waals surface area contributed by atoms with Crippen LogP contribution in [0.15, 0.2) is 18.2 Å². The average molecular weight is 260 g/mol. The summed E-state index contributed by atoms with van der Waals surface area (Å²) < 4.78 is 5.18. The van der Waals surface area contributed by atoms with Crippen LogP contribution in [-0.4, -0.2) is 12.6 Å². The summed E-state index contributed by atoms with van der Waals surface area (Å²) in [5, 5.41) is 8.87. The van der Waals surface area contributed by atoms with Crippen LogP contribution in [0.3, 0.4) is 0 Å². The van der Waals surface area contributed by atoms with E-state index in [0.29, 0.717) is 30.7 Å². The summed E-state index contributed by atoms with van der Waals surface area (Å²) >= 11 is 0. The number of nitriles is 1. The summed E-state index contributed by atoms with van der Waals surface area (Å²) in [7, 11) is 0. The van der Waals surface area contributed by atoms with E-state index in [1.807, 2.05) is 26.8 Å². The Kier molecular flexibility index (Phi) is 4.94. The highest BCUT2D eigenvalue weighted by molar-refractivity contribution is 5.95. The maximum Gasteiger partial charge on any atom is 0.340 e. The zero-order chi connectivity index (χ0) is 14.5. The average Bonchev–Trinajstić information content (AvgIpc) is 2.37. The van der Waals surface area contributed by atoms with Gasteiger partial charge in [-0.05, 0) is 45.7 Å². The van der Waals surface area contributed by atoms with Crippen LogP contribution >= 0.6 is 0 Å². The highest BCUT2D eigenvalue weighted by Crippen LogP contribution is 2.21. The van der Waals surface area contributed by atoms with Gasteiger partial charge in [0.25, 0.3) is 0 Å². The molecule has 0 aliphatic carbocycles. The Morgan fingerprint density at radius 2 is 2.16 bits per heavy atom. The maximum absolute atomic E-state index is 11.8. The molecular weight excluding hydrogens is 240 g/mol. The topological polar surface area (TPSA) is 76.1 Å². The molecule has 2 N–H and O–H groups in total. The van der Waals surface area contributed by atoms with Gasteiger partial charge in [0, 0.05) is 5.69 Å². The van der Waals surface area contributed by atoms with Crippen LogP contribution in [-0.2, 0) is 4.74 Å². The van der Waals surface area contributed by atoms with Gasteiger partial charge in [-0.3, -0.25) is 0 Å². The second kappa shape index (κ2) is 6.24. The van der Waals surface area contributed by atoms with Crippen LogP contribution in [0.25, 0.3) is 0 Å². The number of nitrogens with zero attached hydrogens (tertiary/aromatic N) is 1. The van der Waals surface area contributed by atoms with Crippen LogP contribution in [0.5, 0.6) is 0 Å². The van der Waals surface area contributed by atoms with Gasteiger partial charge in [0.1, 0.15) is 0 Å². The summed E-state index contributed by atoms with van der Waals surface area (Å²) in [6.07, 6.45) is 1.36. The Morgan fingerprint density at radius 3 is 2.79 bits per heavy atom. The zero-order valence-corrected chi connectivity index (χ0v) is 11.7. The normalized spacial score (nSPS) is 10.8. The van der Waals surface area contributed by atoms with Gasteiger partial charge in [-0.25, -0.2) is 4.79 Å². The van der Waals surface area contributed by atoms with E-state index in [2.05, 4.69) is 6.07 Å². The molecule has 0 fully saturated rings. The quantitative estimate of drug-likeness (QED) is 0.501. The van der Waals surface area contributed by atoms with Crippen molar-refractivity contribution < 1.29 is 9.53 Å². The lowest BCUT2D eigenvalue weighted by Crippen LogP contribution is -2.12. The molecule has 0 radical (unpaired) electrons. The number of carbonyl (C=O) groups is 1. The summed E-state index contributed by atoms with van der Waals surface area (Å²) in [5.41, 5.74) is 7.15. The van der Waals surface area contributed by atoms with Crippen LogP contribution in [0.2, 0.25) is 0 Å². The van der Waals surface area contributed by atoms with Gasteiger partial charge in [-0.2, -0.15) is 5.26 Å². The highest BCUT2D eigenvalue weighted by atomic mass is 16.5. The lowest BCUT2D eigenvalue weighted by molar-refractivity contribution is 0.0492. The molecule has 19 heavy (non-hydrogen) atoms. The van der Waals surface area contributed by atoms with Gasteiger partial charge in [-0.15, -0.1) is 0 Å². The van der Waals surface area contributed by atoms with E-state index in [1.165, 1.54) is 0 Å². The number of hydrogen-bond acceptors (Lipinski definition) is 4. The molecule has 0 heterocycles. The third-order valence-corrected chi connectivity index (χ3v) is 2.91. The Labute approximate surface area is 114 Å². The summed E-state index contributed by atoms with van der Waals surface area (Å²) in [6, 6.07) is 7.48. The molecule has 0 saturated heterocycles. The molecule has 0 aromatic heterocycles. The number of nitrogen functional groups attached to an aromatic ring is 1. The van der Waals surface area contributed by atoms with E-state index < -0.39 is 5.97 Å². The molecule has 1 rings (SSSR count). The molecule has 0 unspecified atom stereocenters. The molecule has 0 bridgehead atoms. The number of nitrogens with two attached hydrogens (primary N) is 1. The van der Waals surface area contributed by atoms with E-state index in [0.717, 1.165) is 5.56 Å². The van der Waals surface area contributed by atoms with Crippen molar-refractivity contribution >= 4 is 11.7 Å². The Hall–Kier alpha value is -2.02. The molecule has 0 saturated carbocycles. The summed E-state index contributed by atoms with van der Waals surface area (Å²) in [6.45, 7) is 5.93. The Bertz CT molecular complexity index is 501. The first kappa shape index (κ1) is 15.0. The van der Waals surface area contributed by atoms with Gasteiger partial charge in [0.05, 0.1) is 23.7 Å². The third kappa shape index (κ3) is 4.63. The van der Waals surface area contributed by atoms with E-state index in [-0.39, 0.29) is 5.41 Å². The Balaban J connectivity index is 2.49. The molecule has 0 atom stereocenters. The largest absolute Gasteiger partial charge is 0.462 e. The standard InChI is InChI=1S/C15H20N2O2/c1-11-5-6-13(17)12(9-11)14(18)19-8-4-7-15(2,3)10-16/h5-6,9H,4,7-8,17H2,1-3H3. The van der Waals surface area contributed by atoms with Crippen molar-refractivity contribution in [1.29, 1.82) is 5.26 Å². The lowest BCUT2D eigenvalue weighted by Gasteiger charge is -2.14. The van der Waals surface area contributed by atoms with Crippen molar-refractivity contribution in [1.82, 2.24) is 0 Å². The first-order valence-corrected chi connectivity index (χ1v) is 6.30. The third-order valence-electron chi connectivity index (χ3n) is 2.91. The van der Waals surface area contributed by atoms with Crippen LogP contribution in [0, 0.1) is 23.7 Å². The minimum Gasteiger partial charge on any atom is -0.462 e. The van der Waals surface area contributed by atoms with E-state index in [4.69, 9.17) is 15.7 Å². The van der Waals surface area contributed by atoms with E-state index in [1.54, 1.807) is 12.1 Å². The van der Waals surface area contributed by atoms with Crippen molar-refractivity contribution in [2.45, 2.75) is 33.6 Å². The molecule has 4 nitrogen and oxygen atoms in total. The molecule has 1 aromatic rings. The molecular formula is C15H20N2O2. The molecule has 0 spiro atoms. The number of esters is 1. The first-order valence-electron chi connectivity index (χ1n) is 6.30. The predicted molar refractivity (Wildman–Crippen MR) is 74.5 cm³/mol. The number of aryl methyl sites for hydroxylation is 1. The highest BCUT2D eigenvalue weighted by Gasteiger charge is 2.17. The number of ether oxygens (including phenoxy) is 1. The minimum absolute atomic E-state index is 0.303. The fourth-order valence-electron chi connectivity index (χ4n) is 1.66. The molecule has 0 aliphatic rings. The predicted octanol–water partition coefficient (Wildman–Crippen LogP) is 3.06. The smallest absolute Gasteiger partial charge is 0.340 e. The van der Waals surface area contributed by atoms with Crippen molar-refractivity contribution in [2.24, 2.45) is 5.41 Å².